The van der Waals surface area contributed by atoms with E-state index in [4.69, 9.17) is 0 Å². The van der Waals surface area contributed by atoms with Crippen LogP contribution in [0, 0.1) is 11.6 Å². The minimum Gasteiger partial charge on any atom is -0.326 e. The summed E-state index contributed by atoms with van der Waals surface area (Å²) in [5.41, 5.74) is 0.549. The average molecular weight is 401 g/mol. The second kappa shape index (κ2) is 8.79. The number of thioether (sulfide) groups is 1. The fraction of sp³-hybridized carbons (Fsp3) is 0.150. The maximum absolute atomic E-state index is 13.9. The molecule has 2 aromatic carbocycles. The highest BCUT2D eigenvalue weighted by atomic mass is 32.2. The van der Waals surface area contributed by atoms with Gasteiger partial charge in [0.15, 0.2) is 5.17 Å². The van der Waals surface area contributed by atoms with Crippen LogP contribution in [-0.4, -0.2) is 33.7 Å². The summed E-state index contributed by atoms with van der Waals surface area (Å²) in [5, 5.41) is 2.25. The number of carbonyl (C=O) groups excluding carboxylic acids is 2. The summed E-state index contributed by atoms with van der Waals surface area (Å²) >= 11 is 1.10. The van der Waals surface area contributed by atoms with Crippen LogP contribution < -0.4 is 5.32 Å². The lowest BCUT2D eigenvalue weighted by Gasteiger charge is -2.14. The second-order valence-electron chi connectivity index (χ2n) is 5.95. The fourth-order valence-corrected chi connectivity index (χ4v) is 3.74. The number of benzene rings is 2. The van der Waals surface area contributed by atoms with Crippen molar-refractivity contribution in [3.05, 3.63) is 72.8 Å². The molecule has 2 aromatic rings. The van der Waals surface area contributed by atoms with Gasteiger partial charge in [-0.1, -0.05) is 30.0 Å². The zero-order valence-electron chi connectivity index (χ0n) is 14.8. The van der Waals surface area contributed by atoms with Crippen LogP contribution in [0.15, 0.2) is 66.2 Å². The molecule has 1 atom stereocenters. The molecule has 0 radical (unpaired) electrons. The van der Waals surface area contributed by atoms with Crippen molar-refractivity contribution in [3.63, 3.8) is 0 Å². The van der Waals surface area contributed by atoms with Gasteiger partial charge in [0.1, 0.15) is 22.6 Å². The van der Waals surface area contributed by atoms with E-state index in [1.807, 2.05) is 0 Å². The Bertz CT molecular complexity index is 931. The number of anilines is 1. The number of nitrogens with one attached hydrogen (secondary N) is 1. The topological polar surface area (TPSA) is 61.8 Å². The quantitative estimate of drug-likeness (QED) is 0.741. The van der Waals surface area contributed by atoms with Crippen LogP contribution in [0.25, 0.3) is 0 Å². The van der Waals surface area contributed by atoms with Crippen LogP contribution in [-0.2, 0) is 9.59 Å². The predicted molar refractivity (Wildman–Crippen MR) is 106 cm³/mol. The SMILES string of the molecule is C=CCN1C(=O)C(CC(=O)Nc2ccc(F)cc2)SC1=Nc1ccccc1F. The van der Waals surface area contributed by atoms with Gasteiger partial charge < -0.3 is 5.32 Å². The minimum absolute atomic E-state index is 0.0924. The van der Waals surface area contributed by atoms with E-state index in [9.17, 15) is 18.4 Å². The summed E-state index contributed by atoms with van der Waals surface area (Å²) in [6.07, 6.45) is 1.45. The van der Waals surface area contributed by atoms with Gasteiger partial charge in [-0.2, -0.15) is 0 Å². The predicted octanol–water partition coefficient (Wildman–Crippen LogP) is 4.11. The number of para-hydroxylation sites is 1. The highest BCUT2D eigenvalue weighted by molar-refractivity contribution is 8.15. The molecule has 0 bridgehead atoms. The van der Waals surface area contributed by atoms with E-state index in [0.29, 0.717) is 10.9 Å². The van der Waals surface area contributed by atoms with E-state index in [0.717, 1.165) is 11.8 Å². The first-order valence-electron chi connectivity index (χ1n) is 8.45. The van der Waals surface area contributed by atoms with Crippen molar-refractivity contribution in [2.75, 3.05) is 11.9 Å². The average Bonchev–Trinajstić information content (AvgIpc) is 2.94. The Labute approximate surface area is 165 Å². The van der Waals surface area contributed by atoms with Gasteiger partial charge in [-0.25, -0.2) is 13.8 Å². The summed E-state index contributed by atoms with van der Waals surface area (Å²) in [4.78, 5) is 30.6. The molecule has 2 amide bonds. The van der Waals surface area contributed by atoms with Gasteiger partial charge in [-0.3, -0.25) is 14.5 Å². The van der Waals surface area contributed by atoms with Gasteiger partial charge in [0.25, 0.3) is 0 Å². The molecule has 8 heteroatoms. The molecular formula is C20H17F2N3O2S. The molecule has 1 aliphatic heterocycles. The van der Waals surface area contributed by atoms with Crippen molar-refractivity contribution < 1.29 is 18.4 Å². The molecule has 1 aliphatic rings. The van der Waals surface area contributed by atoms with Crippen LogP contribution in [0.4, 0.5) is 20.2 Å². The Morgan fingerprint density at radius 2 is 1.93 bits per heavy atom. The second-order valence-corrected chi connectivity index (χ2v) is 7.12. The van der Waals surface area contributed by atoms with E-state index in [-0.39, 0.29) is 30.5 Å². The molecule has 144 valence electrons. The third-order valence-corrected chi connectivity index (χ3v) is 5.07. The third kappa shape index (κ3) is 4.64. The Morgan fingerprint density at radius 3 is 2.61 bits per heavy atom. The molecular weight excluding hydrogens is 384 g/mol. The number of halogens is 2. The number of aliphatic imine (C=N–C) groups is 1. The number of rotatable bonds is 6. The standard InChI is InChI=1S/C20H17F2N3O2S/c1-2-11-25-19(27)17(12-18(26)23-14-9-7-13(21)8-10-14)28-20(25)24-16-6-4-3-5-15(16)22/h2-10,17H,1,11-12H2,(H,23,26). The zero-order chi connectivity index (χ0) is 20.1. The Kier molecular flexibility index (Phi) is 6.20. The number of hydrogen-bond donors (Lipinski definition) is 1. The largest absolute Gasteiger partial charge is 0.326 e. The molecule has 0 aromatic heterocycles. The van der Waals surface area contributed by atoms with Gasteiger partial charge in [0.05, 0.1) is 0 Å². The highest BCUT2D eigenvalue weighted by Gasteiger charge is 2.38. The number of hydrogen-bond acceptors (Lipinski definition) is 4. The summed E-state index contributed by atoms with van der Waals surface area (Å²) in [6.45, 7) is 3.83. The van der Waals surface area contributed by atoms with Crippen molar-refractivity contribution in [2.45, 2.75) is 11.7 Å². The first-order valence-corrected chi connectivity index (χ1v) is 9.33. The molecule has 5 nitrogen and oxygen atoms in total. The molecule has 0 spiro atoms. The molecule has 1 fully saturated rings. The van der Waals surface area contributed by atoms with Crippen molar-refractivity contribution in [3.8, 4) is 0 Å². The van der Waals surface area contributed by atoms with E-state index < -0.39 is 16.9 Å². The summed E-state index contributed by atoms with van der Waals surface area (Å²) in [5.74, 6) is -1.59. The van der Waals surface area contributed by atoms with E-state index in [1.54, 1.807) is 12.1 Å². The van der Waals surface area contributed by atoms with Gasteiger partial charge in [-0.05, 0) is 36.4 Å². The maximum Gasteiger partial charge on any atom is 0.242 e. The monoisotopic (exact) mass is 401 g/mol. The molecule has 3 rings (SSSR count). The van der Waals surface area contributed by atoms with Crippen molar-refractivity contribution in [1.82, 2.24) is 4.90 Å². The van der Waals surface area contributed by atoms with E-state index in [1.165, 1.54) is 47.4 Å². The molecule has 28 heavy (non-hydrogen) atoms. The van der Waals surface area contributed by atoms with Crippen molar-refractivity contribution in [1.29, 1.82) is 0 Å². The van der Waals surface area contributed by atoms with Crippen LogP contribution in [0.5, 0.6) is 0 Å². The van der Waals surface area contributed by atoms with Crippen LogP contribution in [0.3, 0.4) is 0 Å². The van der Waals surface area contributed by atoms with Gasteiger partial charge >= 0.3 is 0 Å². The van der Waals surface area contributed by atoms with Crippen LogP contribution in [0.1, 0.15) is 6.42 Å². The van der Waals surface area contributed by atoms with Crippen molar-refractivity contribution >= 4 is 40.1 Å². The summed E-state index contributed by atoms with van der Waals surface area (Å²) in [7, 11) is 0. The fourth-order valence-electron chi connectivity index (χ4n) is 2.58. The lowest BCUT2D eigenvalue weighted by molar-refractivity contribution is -0.127. The van der Waals surface area contributed by atoms with Gasteiger partial charge in [0.2, 0.25) is 11.8 Å². The number of nitrogens with zero attached hydrogens (tertiary/aromatic N) is 2. The number of amidine groups is 1. The normalized spacial score (nSPS) is 17.8. The Morgan fingerprint density at radius 1 is 1.21 bits per heavy atom. The van der Waals surface area contributed by atoms with E-state index >= 15 is 0 Å². The van der Waals surface area contributed by atoms with Crippen LogP contribution in [0.2, 0.25) is 0 Å². The Hall–Kier alpha value is -3.00. The lowest BCUT2D eigenvalue weighted by atomic mass is 10.2. The zero-order valence-corrected chi connectivity index (χ0v) is 15.6. The summed E-state index contributed by atoms with van der Waals surface area (Å²) < 4.78 is 26.9. The first-order chi connectivity index (χ1) is 13.5. The molecule has 0 saturated carbocycles. The summed E-state index contributed by atoms with van der Waals surface area (Å²) in [6, 6.07) is 11.3. The van der Waals surface area contributed by atoms with E-state index in [2.05, 4.69) is 16.9 Å². The number of carbonyl (C=O) groups is 2. The molecule has 1 unspecified atom stereocenters. The smallest absolute Gasteiger partial charge is 0.242 e. The third-order valence-electron chi connectivity index (χ3n) is 3.90. The minimum atomic E-state index is -0.689. The van der Waals surface area contributed by atoms with Crippen LogP contribution >= 0.6 is 11.8 Å². The molecule has 1 N–H and O–H groups in total. The van der Waals surface area contributed by atoms with Gasteiger partial charge in [0, 0.05) is 18.7 Å². The van der Waals surface area contributed by atoms with Crippen molar-refractivity contribution in [2.24, 2.45) is 4.99 Å². The maximum atomic E-state index is 13.9. The molecule has 1 saturated heterocycles. The molecule has 0 aliphatic carbocycles. The molecule has 1 heterocycles. The first kappa shape index (κ1) is 19.8. The number of amides is 2. The van der Waals surface area contributed by atoms with Gasteiger partial charge in [-0.15, -0.1) is 6.58 Å². The Balaban J connectivity index is 1.74. The lowest BCUT2D eigenvalue weighted by Crippen LogP contribution is -2.33. The highest BCUT2D eigenvalue weighted by Crippen LogP contribution is 2.32.